The molecule has 0 spiro atoms. The van der Waals surface area contributed by atoms with Crippen LogP contribution >= 0.6 is 0 Å². The molecule has 2 atom stereocenters. The predicted molar refractivity (Wildman–Crippen MR) is 107 cm³/mol. The van der Waals surface area contributed by atoms with Gasteiger partial charge in [-0.25, -0.2) is 4.79 Å². The van der Waals surface area contributed by atoms with Crippen LogP contribution in [0.1, 0.15) is 58.6 Å². The first-order valence-electron chi connectivity index (χ1n) is 9.68. The number of nitrogens with one attached hydrogen (secondary N) is 1. The SMILES string of the molecule is COc1ccc(C(C)NC(=O)C2CCCCN2C(=O)OC(C)(C)C)c(OC)c1. The molecule has 2 amide bonds. The molecule has 0 bridgehead atoms. The Morgan fingerprint density at radius 1 is 1.18 bits per heavy atom. The van der Waals surface area contributed by atoms with E-state index in [1.54, 1.807) is 25.2 Å². The first kappa shape index (κ1) is 21.9. The summed E-state index contributed by atoms with van der Waals surface area (Å²) in [7, 11) is 3.17. The van der Waals surface area contributed by atoms with Gasteiger partial charge in [0.05, 0.1) is 20.3 Å². The van der Waals surface area contributed by atoms with E-state index in [2.05, 4.69) is 5.32 Å². The van der Waals surface area contributed by atoms with Gasteiger partial charge in [0.2, 0.25) is 5.91 Å². The third kappa shape index (κ3) is 5.53. The Labute approximate surface area is 167 Å². The monoisotopic (exact) mass is 392 g/mol. The van der Waals surface area contributed by atoms with Gasteiger partial charge in [0.25, 0.3) is 0 Å². The Morgan fingerprint density at radius 3 is 2.50 bits per heavy atom. The Balaban J connectivity index is 2.12. The van der Waals surface area contributed by atoms with Crippen LogP contribution in [-0.4, -0.2) is 49.3 Å². The predicted octanol–water partition coefficient (Wildman–Crippen LogP) is 3.67. The number of hydrogen-bond acceptors (Lipinski definition) is 5. The average Bonchev–Trinajstić information content (AvgIpc) is 2.65. The first-order chi connectivity index (χ1) is 13.2. The zero-order valence-electron chi connectivity index (χ0n) is 17.7. The van der Waals surface area contributed by atoms with Gasteiger partial charge in [0.15, 0.2) is 0 Å². The smallest absolute Gasteiger partial charge is 0.410 e. The highest BCUT2D eigenvalue weighted by atomic mass is 16.6. The van der Waals surface area contributed by atoms with Crippen LogP contribution in [0.15, 0.2) is 18.2 Å². The van der Waals surface area contributed by atoms with E-state index in [9.17, 15) is 9.59 Å². The lowest BCUT2D eigenvalue weighted by atomic mass is 10.0. The van der Waals surface area contributed by atoms with Crippen LogP contribution in [0.5, 0.6) is 11.5 Å². The van der Waals surface area contributed by atoms with Gasteiger partial charge >= 0.3 is 6.09 Å². The van der Waals surface area contributed by atoms with E-state index >= 15 is 0 Å². The number of carbonyl (C=O) groups excluding carboxylic acids is 2. The van der Waals surface area contributed by atoms with Crippen LogP contribution in [0, 0.1) is 0 Å². The maximum Gasteiger partial charge on any atom is 0.410 e. The van der Waals surface area contributed by atoms with Crippen LogP contribution in [0.4, 0.5) is 4.79 Å². The fraction of sp³-hybridized carbons (Fsp3) is 0.619. The molecule has 1 aliphatic rings. The Kier molecular flexibility index (Phi) is 7.16. The molecule has 28 heavy (non-hydrogen) atoms. The minimum absolute atomic E-state index is 0.184. The number of rotatable bonds is 5. The second-order valence-electron chi connectivity index (χ2n) is 8.02. The van der Waals surface area contributed by atoms with Crippen LogP contribution in [0.2, 0.25) is 0 Å². The number of methoxy groups -OCH3 is 2. The van der Waals surface area contributed by atoms with Crippen molar-refractivity contribution in [3.05, 3.63) is 23.8 Å². The molecule has 1 heterocycles. The minimum atomic E-state index is -0.598. The molecule has 0 aromatic heterocycles. The van der Waals surface area contributed by atoms with E-state index in [0.29, 0.717) is 24.5 Å². The van der Waals surface area contributed by atoms with E-state index in [0.717, 1.165) is 18.4 Å². The van der Waals surface area contributed by atoms with Crippen molar-refractivity contribution in [1.82, 2.24) is 10.2 Å². The maximum absolute atomic E-state index is 13.0. The van der Waals surface area contributed by atoms with Crippen LogP contribution in [0.25, 0.3) is 0 Å². The zero-order valence-corrected chi connectivity index (χ0v) is 17.7. The zero-order chi connectivity index (χ0) is 20.9. The van der Waals surface area contributed by atoms with Crippen molar-refractivity contribution in [3.8, 4) is 11.5 Å². The lowest BCUT2D eigenvalue weighted by molar-refractivity contribution is -0.128. The van der Waals surface area contributed by atoms with Gasteiger partial charge in [0, 0.05) is 18.2 Å². The number of amides is 2. The van der Waals surface area contributed by atoms with Crippen LogP contribution < -0.4 is 14.8 Å². The van der Waals surface area contributed by atoms with Crippen molar-refractivity contribution in [2.45, 2.75) is 64.6 Å². The summed E-state index contributed by atoms with van der Waals surface area (Å²) in [6, 6.07) is 4.67. The molecule has 156 valence electrons. The number of benzene rings is 1. The van der Waals surface area contributed by atoms with E-state index < -0.39 is 17.7 Å². The Morgan fingerprint density at radius 2 is 1.89 bits per heavy atom. The molecule has 1 N–H and O–H groups in total. The van der Waals surface area contributed by atoms with Crippen molar-refractivity contribution in [1.29, 1.82) is 0 Å². The second kappa shape index (κ2) is 9.17. The fourth-order valence-electron chi connectivity index (χ4n) is 3.31. The van der Waals surface area contributed by atoms with Crippen molar-refractivity contribution in [3.63, 3.8) is 0 Å². The van der Waals surface area contributed by atoms with Gasteiger partial charge in [-0.3, -0.25) is 9.69 Å². The largest absolute Gasteiger partial charge is 0.497 e. The topological polar surface area (TPSA) is 77.1 Å². The number of carbonyl (C=O) groups is 2. The highest BCUT2D eigenvalue weighted by molar-refractivity contribution is 5.86. The van der Waals surface area contributed by atoms with Gasteiger partial charge < -0.3 is 19.5 Å². The molecule has 0 radical (unpaired) electrons. The van der Waals surface area contributed by atoms with E-state index in [1.165, 1.54) is 0 Å². The molecule has 0 saturated carbocycles. The number of piperidine rings is 1. The molecular weight excluding hydrogens is 360 g/mol. The lowest BCUT2D eigenvalue weighted by Crippen LogP contribution is -2.53. The van der Waals surface area contributed by atoms with E-state index in [1.807, 2.05) is 39.8 Å². The van der Waals surface area contributed by atoms with E-state index in [-0.39, 0.29) is 11.9 Å². The number of likely N-dealkylation sites (tertiary alicyclic amines) is 1. The molecule has 1 saturated heterocycles. The van der Waals surface area contributed by atoms with Gasteiger partial charge in [0.1, 0.15) is 23.1 Å². The van der Waals surface area contributed by atoms with Gasteiger partial charge in [-0.15, -0.1) is 0 Å². The van der Waals surface area contributed by atoms with E-state index in [4.69, 9.17) is 14.2 Å². The van der Waals surface area contributed by atoms with Crippen molar-refractivity contribution in [2.75, 3.05) is 20.8 Å². The first-order valence-corrected chi connectivity index (χ1v) is 9.68. The van der Waals surface area contributed by atoms with Crippen molar-refractivity contribution in [2.24, 2.45) is 0 Å². The molecule has 0 aliphatic carbocycles. The van der Waals surface area contributed by atoms with Gasteiger partial charge in [-0.2, -0.15) is 0 Å². The van der Waals surface area contributed by atoms with Crippen LogP contribution in [-0.2, 0) is 9.53 Å². The van der Waals surface area contributed by atoms with Crippen molar-refractivity contribution < 1.29 is 23.8 Å². The summed E-state index contributed by atoms with van der Waals surface area (Å²) >= 11 is 0. The quantitative estimate of drug-likeness (QED) is 0.827. The highest BCUT2D eigenvalue weighted by Crippen LogP contribution is 2.30. The summed E-state index contributed by atoms with van der Waals surface area (Å²) in [5.74, 6) is 1.14. The molecular formula is C21H32N2O5. The maximum atomic E-state index is 13.0. The highest BCUT2D eigenvalue weighted by Gasteiger charge is 2.35. The summed E-state index contributed by atoms with van der Waals surface area (Å²) in [6.45, 7) is 7.88. The molecule has 1 aromatic rings. The normalized spacial score (nSPS) is 18.2. The Bertz CT molecular complexity index is 699. The van der Waals surface area contributed by atoms with Crippen LogP contribution in [0.3, 0.4) is 0 Å². The molecule has 2 rings (SSSR count). The number of hydrogen-bond donors (Lipinski definition) is 1. The minimum Gasteiger partial charge on any atom is -0.497 e. The van der Waals surface area contributed by atoms with Crippen molar-refractivity contribution >= 4 is 12.0 Å². The molecule has 7 nitrogen and oxygen atoms in total. The Hall–Kier alpha value is -2.44. The second-order valence-corrected chi connectivity index (χ2v) is 8.02. The summed E-state index contributed by atoms with van der Waals surface area (Å²) in [5.41, 5.74) is 0.246. The van der Waals surface area contributed by atoms with Gasteiger partial charge in [-0.05, 0) is 59.1 Å². The summed E-state index contributed by atoms with van der Waals surface area (Å²) in [6.07, 6.45) is 1.95. The standard InChI is InChI=1S/C21H32N2O5/c1-14(16-11-10-15(26-5)13-18(16)27-6)22-19(24)17-9-7-8-12-23(17)20(25)28-21(2,3)4/h10-11,13-14,17H,7-9,12H2,1-6H3,(H,22,24). The summed E-state index contributed by atoms with van der Waals surface area (Å²) in [5, 5.41) is 3.02. The third-order valence-electron chi connectivity index (χ3n) is 4.70. The number of nitrogens with zero attached hydrogens (tertiary/aromatic N) is 1. The summed E-state index contributed by atoms with van der Waals surface area (Å²) in [4.78, 5) is 27.0. The fourth-order valence-corrected chi connectivity index (χ4v) is 3.31. The third-order valence-corrected chi connectivity index (χ3v) is 4.70. The summed E-state index contributed by atoms with van der Waals surface area (Å²) < 4.78 is 16.1. The number of ether oxygens (including phenoxy) is 3. The molecule has 2 unspecified atom stereocenters. The molecule has 1 fully saturated rings. The van der Waals surface area contributed by atoms with Gasteiger partial charge in [-0.1, -0.05) is 0 Å². The molecule has 1 aromatic carbocycles. The lowest BCUT2D eigenvalue weighted by Gasteiger charge is -2.36. The molecule has 1 aliphatic heterocycles. The molecule has 7 heteroatoms. The average molecular weight is 392 g/mol.